The van der Waals surface area contributed by atoms with Crippen LogP contribution in [0.3, 0.4) is 0 Å². The van der Waals surface area contributed by atoms with Gasteiger partial charge in [-0.2, -0.15) is 0 Å². The highest BCUT2D eigenvalue weighted by Gasteiger charge is 2.30. The van der Waals surface area contributed by atoms with Crippen molar-refractivity contribution in [3.63, 3.8) is 0 Å². The Bertz CT molecular complexity index is 747. The number of benzene rings is 1. The minimum atomic E-state index is -0.0304. The van der Waals surface area contributed by atoms with E-state index in [9.17, 15) is 9.59 Å². The molecule has 1 aromatic carbocycles. The molecule has 0 bridgehead atoms. The van der Waals surface area contributed by atoms with Crippen molar-refractivity contribution in [1.82, 2.24) is 14.8 Å². The molecule has 2 amide bonds. The predicted octanol–water partition coefficient (Wildman–Crippen LogP) is 3.53. The fraction of sp³-hybridized carbons (Fsp3) is 0.450. The van der Waals surface area contributed by atoms with Gasteiger partial charge in [0.25, 0.3) is 5.91 Å². The predicted molar refractivity (Wildman–Crippen MR) is 104 cm³/mol. The maximum Gasteiger partial charge on any atom is 0.273 e. The molecule has 3 rings (SSSR count). The second-order valence-electron chi connectivity index (χ2n) is 6.48. The quantitative estimate of drug-likeness (QED) is 0.808. The fourth-order valence-electron chi connectivity index (χ4n) is 3.37. The summed E-state index contributed by atoms with van der Waals surface area (Å²) in [4.78, 5) is 33.5. The molecule has 1 saturated heterocycles. The first-order valence-electron chi connectivity index (χ1n) is 9.23. The van der Waals surface area contributed by atoms with Gasteiger partial charge in [0.2, 0.25) is 5.91 Å². The molecule has 0 aliphatic carbocycles. The maximum absolute atomic E-state index is 12.7. The third kappa shape index (κ3) is 3.96. The average molecular weight is 372 g/mol. The van der Waals surface area contributed by atoms with E-state index in [2.05, 4.69) is 4.98 Å². The summed E-state index contributed by atoms with van der Waals surface area (Å²) in [5.74, 6) is 0.230. The molecule has 1 aliphatic heterocycles. The van der Waals surface area contributed by atoms with E-state index < -0.39 is 0 Å². The minimum Gasteiger partial charge on any atom is -0.343 e. The topological polar surface area (TPSA) is 53.5 Å². The van der Waals surface area contributed by atoms with E-state index in [4.69, 9.17) is 0 Å². The Morgan fingerprint density at radius 2 is 1.81 bits per heavy atom. The number of nitrogens with zero attached hydrogens (tertiary/aromatic N) is 3. The van der Waals surface area contributed by atoms with E-state index in [-0.39, 0.29) is 17.7 Å². The normalized spacial score (nSPS) is 15.1. The molecule has 0 N–H and O–H groups in total. The van der Waals surface area contributed by atoms with Crippen molar-refractivity contribution < 1.29 is 9.59 Å². The van der Waals surface area contributed by atoms with Gasteiger partial charge in [0.1, 0.15) is 10.7 Å². The summed E-state index contributed by atoms with van der Waals surface area (Å²) in [6.45, 7) is 6.74. The van der Waals surface area contributed by atoms with Crippen LogP contribution in [0.5, 0.6) is 0 Å². The van der Waals surface area contributed by atoms with Crippen LogP contribution in [0.4, 0.5) is 0 Å². The van der Waals surface area contributed by atoms with Gasteiger partial charge in [-0.3, -0.25) is 9.59 Å². The molecule has 1 aromatic heterocycles. The summed E-state index contributed by atoms with van der Waals surface area (Å²) in [5.41, 5.74) is 1.53. The molecule has 0 saturated carbocycles. The first-order chi connectivity index (χ1) is 12.6. The second-order valence-corrected chi connectivity index (χ2v) is 7.34. The lowest BCUT2D eigenvalue weighted by Gasteiger charge is -2.33. The number of hydrogen-bond donors (Lipinski definition) is 0. The van der Waals surface area contributed by atoms with Crippen molar-refractivity contribution in [1.29, 1.82) is 0 Å². The smallest absolute Gasteiger partial charge is 0.273 e. The van der Waals surface area contributed by atoms with Crippen molar-refractivity contribution in [3.05, 3.63) is 41.4 Å². The maximum atomic E-state index is 12.7. The highest BCUT2D eigenvalue weighted by molar-refractivity contribution is 7.13. The van der Waals surface area contributed by atoms with Crippen LogP contribution < -0.4 is 0 Å². The highest BCUT2D eigenvalue weighted by atomic mass is 32.1. The zero-order chi connectivity index (χ0) is 18.5. The highest BCUT2D eigenvalue weighted by Crippen LogP contribution is 2.25. The number of amides is 2. The van der Waals surface area contributed by atoms with E-state index >= 15 is 0 Å². The number of aromatic nitrogens is 1. The number of likely N-dealkylation sites (tertiary alicyclic amines) is 1. The SMILES string of the molecule is CCN(CC)C(=O)C1CCN(C(=O)c2csc(-c3ccccc3)n2)CC1. The molecule has 138 valence electrons. The molecular formula is C20H25N3O2S. The average Bonchev–Trinajstić information content (AvgIpc) is 3.19. The molecule has 0 atom stereocenters. The summed E-state index contributed by atoms with van der Waals surface area (Å²) >= 11 is 1.49. The summed E-state index contributed by atoms with van der Waals surface area (Å²) in [6, 6.07) is 9.90. The standard InChI is InChI=1S/C20H25N3O2S/c1-3-22(4-2)19(24)16-10-12-23(13-11-16)20(25)17-14-26-18(21-17)15-8-6-5-7-9-15/h5-9,14,16H,3-4,10-13H2,1-2H3. The molecule has 2 aromatic rings. The first kappa shape index (κ1) is 18.6. The number of rotatable bonds is 5. The molecule has 1 aliphatic rings. The third-order valence-electron chi connectivity index (χ3n) is 4.95. The van der Waals surface area contributed by atoms with Gasteiger partial charge in [0.05, 0.1) is 0 Å². The monoisotopic (exact) mass is 371 g/mol. The summed E-state index contributed by atoms with van der Waals surface area (Å²) in [7, 11) is 0. The molecule has 26 heavy (non-hydrogen) atoms. The van der Waals surface area contributed by atoms with Crippen LogP contribution >= 0.6 is 11.3 Å². The molecule has 0 radical (unpaired) electrons. The lowest BCUT2D eigenvalue weighted by molar-refractivity contribution is -0.136. The number of carbonyl (C=O) groups excluding carboxylic acids is 2. The van der Waals surface area contributed by atoms with Gasteiger partial charge in [0, 0.05) is 43.0 Å². The number of hydrogen-bond acceptors (Lipinski definition) is 4. The van der Waals surface area contributed by atoms with Crippen LogP contribution in [-0.4, -0.2) is 52.8 Å². The van der Waals surface area contributed by atoms with Crippen LogP contribution in [0.2, 0.25) is 0 Å². The van der Waals surface area contributed by atoms with E-state index in [1.165, 1.54) is 11.3 Å². The molecule has 0 unspecified atom stereocenters. The summed E-state index contributed by atoms with van der Waals surface area (Å²) in [6.07, 6.45) is 1.47. The van der Waals surface area contributed by atoms with Gasteiger partial charge in [-0.05, 0) is 26.7 Å². The zero-order valence-corrected chi connectivity index (χ0v) is 16.2. The summed E-state index contributed by atoms with van der Waals surface area (Å²) in [5, 5.41) is 2.69. The molecule has 2 heterocycles. The Morgan fingerprint density at radius 3 is 2.42 bits per heavy atom. The molecule has 1 fully saturated rings. The lowest BCUT2D eigenvalue weighted by atomic mass is 9.95. The Balaban J connectivity index is 1.61. The van der Waals surface area contributed by atoms with E-state index in [1.54, 1.807) is 0 Å². The number of thiazole rings is 1. The summed E-state index contributed by atoms with van der Waals surface area (Å²) < 4.78 is 0. The Morgan fingerprint density at radius 1 is 1.15 bits per heavy atom. The number of piperidine rings is 1. The fourth-order valence-corrected chi connectivity index (χ4v) is 4.17. The van der Waals surface area contributed by atoms with E-state index in [1.807, 2.05) is 59.4 Å². The van der Waals surface area contributed by atoms with Gasteiger partial charge in [-0.1, -0.05) is 30.3 Å². The van der Waals surface area contributed by atoms with Crippen molar-refractivity contribution in [3.8, 4) is 10.6 Å². The largest absolute Gasteiger partial charge is 0.343 e. The Hall–Kier alpha value is -2.21. The van der Waals surface area contributed by atoms with E-state index in [0.717, 1.165) is 36.5 Å². The van der Waals surface area contributed by atoms with Crippen molar-refractivity contribution in [2.45, 2.75) is 26.7 Å². The van der Waals surface area contributed by atoms with Gasteiger partial charge in [0.15, 0.2) is 0 Å². The van der Waals surface area contributed by atoms with Crippen LogP contribution in [0.25, 0.3) is 10.6 Å². The third-order valence-corrected chi connectivity index (χ3v) is 5.84. The minimum absolute atomic E-state index is 0.0304. The molecule has 5 nitrogen and oxygen atoms in total. The first-order valence-corrected chi connectivity index (χ1v) is 10.1. The Labute approximate surface area is 158 Å². The lowest BCUT2D eigenvalue weighted by Crippen LogP contribution is -2.44. The van der Waals surface area contributed by atoms with Crippen molar-refractivity contribution >= 4 is 23.2 Å². The van der Waals surface area contributed by atoms with Crippen LogP contribution in [0, 0.1) is 5.92 Å². The molecule has 0 spiro atoms. The van der Waals surface area contributed by atoms with E-state index in [0.29, 0.717) is 18.8 Å². The molecule has 6 heteroatoms. The second kappa shape index (κ2) is 8.45. The van der Waals surface area contributed by atoms with Gasteiger partial charge in [-0.15, -0.1) is 11.3 Å². The Kier molecular flexibility index (Phi) is 6.04. The number of carbonyl (C=O) groups is 2. The molecular weight excluding hydrogens is 346 g/mol. The van der Waals surface area contributed by atoms with Crippen LogP contribution in [0.1, 0.15) is 37.2 Å². The van der Waals surface area contributed by atoms with Gasteiger partial charge >= 0.3 is 0 Å². The van der Waals surface area contributed by atoms with Crippen molar-refractivity contribution in [2.75, 3.05) is 26.2 Å². The van der Waals surface area contributed by atoms with Gasteiger partial charge < -0.3 is 9.80 Å². The van der Waals surface area contributed by atoms with Crippen LogP contribution in [0.15, 0.2) is 35.7 Å². The van der Waals surface area contributed by atoms with Crippen molar-refractivity contribution in [2.24, 2.45) is 5.92 Å². The van der Waals surface area contributed by atoms with Gasteiger partial charge in [-0.25, -0.2) is 4.98 Å². The van der Waals surface area contributed by atoms with Crippen LogP contribution in [-0.2, 0) is 4.79 Å². The zero-order valence-electron chi connectivity index (χ0n) is 15.4.